The molecule has 0 saturated heterocycles. The van der Waals surface area contributed by atoms with Crippen LogP contribution in [0.5, 0.6) is 0 Å². The molecular weight excluding hydrogens is 639 g/mol. The number of rotatable bonds is 2. The molecule has 1 aliphatic heterocycles. The summed E-state index contributed by atoms with van der Waals surface area (Å²) in [5, 5.41) is 9.99. The Labute approximate surface area is 303 Å². The third kappa shape index (κ3) is 16.6. The second-order valence-electron chi connectivity index (χ2n) is 5.63. The number of carbonyl (C=O) groups is 3. The van der Waals surface area contributed by atoms with E-state index in [4.69, 9.17) is 39.0 Å². The number of nitrogen functional groups attached to an aromatic ring is 1. The molecule has 2 aromatic rings. The van der Waals surface area contributed by atoms with E-state index >= 15 is 0 Å². The number of halogens is 8. The minimum absolute atomic E-state index is 0. The van der Waals surface area contributed by atoms with Crippen molar-refractivity contribution < 1.29 is 155 Å². The van der Waals surface area contributed by atoms with E-state index in [9.17, 15) is 45.5 Å². The first-order valence-corrected chi connectivity index (χ1v) is 9.27. The molecule has 0 atom stereocenters. The molecular formula is C15H12Cl2F6K2N6O7. The van der Waals surface area contributed by atoms with E-state index in [0.717, 1.165) is 4.57 Å². The summed E-state index contributed by atoms with van der Waals surface area (Å²) in [4.78, 5) is 61.1. The Bertz CT molecular complexity index is 1200. The number of nitrogens with one attached hydrogen (secondary N) is 2. The van der Waals surface area contributed by atoms with E-state index in [2.05, 4.69) is 20.2 Å². The summed E-state index contributed by atoms with van der Waals surface area (Å²) in [5.74, 6) is -1.56. The molecule has 0 saturated carbocycles. The third-order valence-electron chi connectivity index (χ3n) is 3.05. The summed E-state index contributed by atoms with van der Waals surface area (Å²) in [6.45, 7) is -0.473. The molecule has 0 bridgehead atoms. The number of fused-ring (bicyclic) bond motifs is 1. The molecule has 0 radical (unpaired) electrons. The number of aromatic nitrogens is 4. The fourth-order valence-electron chi connectivity index (χ4n) is 1.83. The molecule has 202 valence electrons. The minimum Gasteiger partial charge on any atom is -1.00 e. The summed E-state index contributed by atoms with van der Waals surface area (Å²) in [7, 11) is 0. The number of hydrogen-bond donors (Lipinski definition) is 3. The van der Waals surface area contributed by atoms with Crippen molar-refractivity contribution in [3.8, 4) is 0 Å². The fourth-order valence-corrected chi connectivity index (χ4v) is 1.83. The summed E-state index contributed by atoms with van der Waals surface area (Å²) in [6, 6.07) is 0.708. The second-order valence-corrected chi connectivity index (χ2v) is 6.32. The van der Waals surface area contributed by atoms with E-state index < -0.39 is 52.0 Å². The van der Waals surface area contributed by atoms with E-state index in [1.54, 1.807) is 0 Å². The maximum absolute atomic E-state index is 12.2. The number of anilines is 2. The van der Waals surface area contributed by atoms with Crippen molar-refractivity contribution >= 4 is 52.7 Å². The van der Waals surface area contributed by atoms with Gasteiger partial charge in [0.05, 0.1) is 5.88 Å². The minimum atomic E-state index is -4.69. The predicted molar refractivity (Wildman–Crippen MR) is 106 cm³/mol. The average molecular weight is 651 g/mol. The van der Waals surface area contributed by atoms with E-state index in [1.807, 2.05) is 4.98 Å². The molecule has 1 amide bonds. The van der Waals surface area contributed by atoms with Gasteiger partial charge in [0, 0.05) is 12.1 Å². The largest absolute Gasteiger partial charge is 1.00 e. The van der Waals surface area contributed by atoms with Crippen molar-refractivity contribution in [1.82, 2.24) is 19.5 Å². The first-order chi connectivity index (χ1) is 16.5. The SMILES string of the molecule is Nc1nc(C(F)(F)F)cc(=O)[nH]1.O=C(Cl)CCl.O=C1Cn2c(nc(C(F)(F)F)cc2=O)N1.O=CO[O-].[H-].[K+].[K+]. The van der Waals surface area contributed by atoms with Gasteiger partial charge in [-0.25, -0.2) is 9.97 Å². The second kappa shape index (κ2) is 19.6. The maximum Gasteiger partial charge on any atom is 1.00 e. The van der Waals surface area contributed by atoms with Gasteiger partial charge < -0.3 is 17.3 Å². The Morgan fingerprint density at radius 2 is 1.58 bits per heavy atom. The van der Waals surface area contributed by atoms with Crippen LogP contribution in [0.4, 0.5) is 38.2 Å². The molecule has 1 aliphatic rings. The molecule has 0 aromatic carbocycles. The fraction of sp³-hybridized carbons (Fsp3) is 0.267. The zero-order valence-electron chi connectivity index (χ0n) is 19.9. The van der Waals surface area contributed by atoms with Crippen molar-refractivity contribution in [1.29, 1.82) is 0 Å². The van der Waals surface area contributed by atoms with Crippen molar-refractivity contribution in [2.75, 3.05) is 16.9 Å². The zero-order chi connectivity index (χ0) is 28.3. The molecule has 0 unspecified atom stereocenters. The van der Waals surface area contributed by atoms with Crippen LogP contribution in [0.3, 0.4) is 0 Å². The Morgan fingerprint density at radius 1 is 1.13 bits per heavy atom. The van der Waals surface area contributed by atoms with Crippen LogP contribution in [-0.2, 0) is 38.2 Å². The molecule has 13 nitrogen and oxygen atoms in total. The molecule has 4 N–H and O–H groups in total. The Kier molecular flexibility index (Phi) is 21.7. The standard InChI is InChI=1S/C7H4F3N3O2.C5H4F3N3O.C2H2Cl2O.CH2O3.2K.H/c8-7(9,10)3-1-5(15)13-2-4(14)12-6(13)11-3;6-5(7,8)2-1-3(12)11-4(9)10-2;3-1-2(4)5;2-1-4-3;;;/h1H,2H2,(H,11,12,14);1H,(H3,9,10,11,12);1H2;1,3H;;;/q;;;;2*+1;-1/p-1. The van der Waals surface area contributed by atoms with Gasteiger partial charge in [-0.05, 0) is 11.6 Å². The Balaban J connectivity index is -0.000000230. The van der Waals surface area contributed by atoms with Crippen LogP contribution in [0.2, 0.25) is 0 Å². The van der Waals surface area contributed by atoms with Crippen LogP contribution in [-0.4, -0.2) is 43.0 Å². The number of carbonyl (C=O) groups excluding carboxylic acids is 3. The van der Waals surface area contributed by atoms with Gasteiger partial charge in [-0.3, -0.25) is 38.8 Å². The van der Waals surface area contributed by atoms with Crippen molar-refractivity contribution in [2.45, 2.75) is 18.9 Å². The van der Waals surface area contributed by atoms with Crippen LogP contribution in [0, 0.1) is 0 Å². The molecule has 2 aromatic heterocycles. The van der Waals surface area contributed by atoms with Gasteiger partial charge in [0.15, 0.2) is 11.4 Å². The summed E-state index contributed by atoms with van der Waals surface area (Å²) in [5.41, 5.74) is 0.478. The van der Waals surface area contributed by atoms with Crippen molar-refractivity contribution in [2.24, 2.45) is 0 Å². The molecule has 23 heteroatoms. The number of amides is 1. The van der Waals surface area contributed by atoms with Crippen LogP contribution in [0.25, 0.3) is 0 Å². The number of hydrogen-bond acceptors (Lipinski definition) is 10. The van der Waals surface area contributed by atoms with Gasteiger partial charge in [-0.1, -0.05) is 0 Å². The van der Waals surface area contributed by atoms with E-state index in [-0.39, 0.29) is 129 Å². The number of nitrogens with zero attached hydrogens (tertiary/aromatic N) is 3. The van der Waals surface area contributed by atoms with Crippen molar-refractivity contribution in [3.05, 3.63) is 44.2 Å². The zero-order valence-corrected chi connectivity index (χ0v) is 26.7. The first-order valence-electron chi connectivity index (χ1n) is 8.35. The van der Waals surface area contributed by atoms with Gasteiger partial charge in [0.25, 0.3) is 17.6 Å². The topological polar surface area (TPSA) is 202 Å². The van der Waals surface area contributed by atoms with Gasteiger partial charge in [-0.15, -0.1) is 11.6 Å². The molecule has 0 aliphatic carbocycles. The van der Waals surface area contributed by atoms with E-state index in [0.29, 0.717) is 12.1 Å². The summed E-state index contributed by atoms with van der Waals surface area (Å²) < 4.78 is 73.1. The Hall–Kier alpha value is -0.437. The first kappa shape index (κ1) is 42.0. The van der Waals surface area contributed by atoms with Crippen LogP contribution in [0.15, 0.2) is 21.7 Å². The van der Waals surface area contributed by atoms with Gasteiger partial charge in [0.2, 0.25) is 23.0 Å². The summed E-state index contributed by atoms with van der Waals surface area (Å²) >= 11 is 9.55. The van der Waals surface area contributed by atoms with E-state index in [1.165, 1.54) is 0 Å². The molecule has 3 rings (SSSR count). The number of alkyl halides is 7. The quantitative estimate of drug-likeness (QED) is 0.0534. The van der Waals surface area contributed by atoms with Gasteiger partial charge in [0.1, 0.15) is 6.54 Å². The van der Waals surface area contributed by atoms with Gasteiger partial charge >= 0.3 is 115 Å². The summed E-state index contributed by atoms with van der Waals surface area (Å²) in [6.07, 6.45) is -9.33. The normalized spacial score (nSPS) is 11.1. The smallest absolute Gasteiger partial charge is 1.00 e. The van der Waals surface area contributed by atoms with Crippen molar-refractivity contribution in [3.63, 3.8) is 0 Å². The Morgan fingerprint density at radius 3 is 1.95 bits per heavy atom. The van der Waals surface area contributed by atoms with Crippen LogP contribution in [0.1, 0.15) is 12.8 Å². The molecule has 38 heavy (non-hydrogen) atoms. The monoisotopic (exact) mass is 650 g/mol. The molecule has 3 heterocycles. The van der Waals surface area contributed by atoms with Gasteiger partial charge in [-0.2, -0.15) is 26.3 Å². The molecule has 0 fully saturated rings. The van der Waals surface area contributed by atoms with Crippen LogP contribution >= 0.6 is 23.2 Å². The third-order valence-corrected chi connectivity index (χ3v) is 3.56. The van der Waals surface area contributed by atoms with Crippen LogP contribution < -0.4 is 130 Å². The number of nitrogens with two attached hydrogens (primary N) is 1. The number of H-pyrrole nitrogens is 1. The predicted octanol–water partition coefficient (Wildman–Crippen LogP) is -5.87. The number of aromatic amines is 1. The molecule has 0 spiro atoms. The average Bonchev–Trinajstić information content (AvgIpc) is 3.14. The maximum atomic E-state index is 12.2.